The average molecular weight is 306 g/mol. The molecule has 0 aliphatic rings. The lowest BCUT2D eigenvalue weighted by Crippen LogP contribution is -1.91. The van der Waals surface area contributed by atoms with Crippen molar-refractivity contribution in [3.8, 4) is 0 Å². The molecule has 0 bridgehead atoms. The summed E-state index contributed by atoms with van der Waals surface area (Å²) in [6.45, 7) is 2.24. The molecule has 0 rings (SSSR count). The molecule has 2 heteroatoms. The Kier molecular flexibility index (Phi) is 16.7. The Bertz CT molecular complexity index is 327. The molecule has 0 aromatic carbocycles. The van der Waals surface area contributed by atoms with Crippen LogP contribution < -0.4 is 0 Å². The first-order valence-electron chi connectivity index (χ1n) is 8.94. The summed E-state index contributed by atoms with van der Waals surface area (Å²) in [7, 11) is 0. The van der Waals surface area contributed by atoms with Crippen LogP contribution in [0.1, 0.15) is 84.0 Å². The first-order chi connectivity index (χ1) is 10.8. The molecule has 0 aromatic heterocycles. The molecule has 2 nitrogen and oxygen atoms in total. The maximum Gasteiger partial charge on any atom is 0.303 e. The van der Waals surface area contributed by atoms with E-state index in [0.29, 0.717) is 6.42 Å². The van der Waals surface area contributed by atoms with Gasteiger partial charge >= 0.3 is 5.97 Å². The van der Waals surface area contributed by atoms with Gasteiger partial charge in [-0.25, -0.2) is 0 Å². The van der Waals surface area contributed by atoms with Gasteiger partial charge in [0.2, 0.25) is 0 Å². The molecule has 0 fully saturated rings. The van der Waals surface area contributed by atoms with Gasteiger partial charge < -0.3 is 5.11 Å². The number of hydrogen-bond donors (Lipinski definition) is 1. The average Bonchev–Trinajstić information content (AvgIpc) is 2.50. The van der Waals surface area contributed by atoms with Crippen LogP contribution in [-0.2, 0) is 4.79 Å². The fourth-order valence-electron chi connectivity index (χ4n) is 2.14. The van der Waals surface area contributed by atoms with Crippen molar-refractivity contribution in [3.05, 3.63) is 36.5 Å². The number of carboxylic acids is 1. The van der Waals surface area contributed by atoms with E-state index in [1.165, 1.54) is 51.4 Å². The smallest absolute Gasteiger partial charge is 0.303 e. The quantitative estimate of drug-likeness (QED) is 0.279. The summed E-state index contributed by atoms with van der Waals surface area (Å²) in [4.78, 5) is 10.3. The number of aliphatic carboxylic acids is 1. The predicted molar refractivity (Wildman–Crippen MR) is 96.1 cm³/mol. The van der Waals surface area contributed by atoms with E-state index in [9.17, 15) is 4.79 Å². The maximum absolute atomic E-state index is 10.3. The predicted octanol–water partition coefficient (Wildman–Crippen LogP) is 6.44. The third-order valence-corrected chi connectivity index (χ3v) is 3.49. The summed E-state index contributed by atoms with van der Waals surface area (Å²) in [5.74, 6) is -0.722. The van der Waals surface area contributed by atoms with Crippen LogP contribution >= 0.6 is 0 Å². The van der Waals surface area contributed by atoms with Gasteiger partial charge in [-0.05, 0) is 57.8 Å². The third-order valence-electron chi connectivity index (χ3n) is 3.49. The van der Waals surface area contributed by atoms with Crippen LogP contribution in [0.2, 0.25) is 0 Å². The van der Waals surface area contributed by atoms with Crippen molar-refractivity contribution in [1.29, 1.82) is 0 Å². The van der Waals surface area contributed by atoms with Crippen molar-refractivity contribution in [3.63, 3.8) is 0 Å². The van der Waals surface area contributed by atoms with Crippen molar-refractivity contribution in [1.82, 2.24) is 0 Å². The Morgan fingerprint density at radius 1 is 0.682 bits per heavy atom. The SMILES string of the molecule is CCCCCC=CCCCCC=CCCC=CCCC(=O)O. The normalized spacial score (nSPS) is 12.0. The van der Waals surface area contributed by atoms with Gasteiger partial charge in [0.1, 0.15) is 0 Å². The van der Waals surface area contributed by atoms with Gasteiger partial charge in [0.15, 0.2) is 0 Å². The molecule has 0 unspecified atom stereocenters. The molecule has 0 atom stereocenters. The standard InChI is InChI=1S/C20H34O2/c1-2-3-4-5-6-7-8-9-10-11-12-13-14-15-16-17-18-19-20(21)22/h6-7,12-13,16-17H,2-5,8-11,14-15,18-19H2,1H3,(H,21,22). The molecule has 0 aliphatic heterocycles. The van der Waals surface area contributed by atoms with Gasteiger partial charge in [-0.1, -0.05) is 56.2 Å². The number of carbonyl (C=O) groups is 1. The summed E-state index contributed by atoms with van der Waals surface area (Å²) in [6.07, 6.45) is 26.3. The van der Waals surface area contributed by atoms with E-state index in [0.717, 1.165) is 12.8 Å². The van der Waals surface area contributed by atoms with Crippen molar-refractivity contribution in [2.24, 2.45) is 0 Å². The minimum atomic E-state index is -0.722. The molecule has 126 valence electrons. The van der Waals surface area contributed by atoms with Crippen molar-refractivity contribution in [2.75, 3.05) is 0 Å². The fraction of sp³-hybridized carbons (Fsp3) is 0.650. The molecule has 0 spiro atoms. The largest absolute Gasteiger partial charge is 0.481 e. The molecular weight excluding hydrogens is 272 g/mol. The Morgan fingerprint density at radius 2 is 1.09 bits per heavy atom. The number of hydrogen-bond acceptors (Lipinski definition) is 1. The minimum absolute atomic E-state index is 0.236. The zero-order chi connectivity index (χ0) is 16.3. The van der Waals surface area contributed by atoms with Gasteiger partial charge in [0, 0.05) is 6.42 Å². The van der Waals surface area contributed by atoms with Gasteiger partial charge in [-0.15, -0.1) is 0 Å². The second kappa shape index (κ2) is 17.7. The van der Waals surface area contributed by atoms with Gasteiger partial charge in [-0.2, -0.15) is 0 Å². The van der Waals surface area contributed by atoms with Gasteiger partial charge in [0.25, 0.3) is 0 Å². The van der Waals surface area contributed by atoms with Crippen molar-refractivity contribution >= 4 is 5.97 Å². The lowest BCUT2D eigenvalue weighted by Gasteiger charge is -1.94. The summed E-state index contributed by atoms with van der Waals surface area (Å²) in [5, 5.41) is 8.49. The molecule has 0 saturated heterocycles. The van der Waals surface area contributed by atoms with Crippen LogP contribution in [0.5, 0.6) is 0 Å². The first-order valence-corrected chi connectivity index (χ1v) is 8.94. The maximum atomic E-state index is 10.3. The monoisotopic (exact) mass is 306 g/mol. The summed E-state index contributed by atoms with van der Waals surface area (Å²) in [6, 6.07) is 0. The highest BCUT2D eigenvalue weighted by Crippen LogP contribution is 2.05. The molecule has 1 N–H and O–H groups in total. The number of allylic oxidation sites excluding steroid dienone is 6. The van der Waals surface area contributed by atoms with Gasteiger partial charge in [0.05, 0.1) is 0 Å². The first kappa shape index (κ1) is 20.7. The second-order valence-corrected chi connectivity index (χ2v) is 5.70. The van der Waals surface area contributed by atoms with Crippen LogP contribution in [0, 0.1) is 0 Å². The van der Waals surface area contributed by atoms with E-state index in [-0.39, 0.29) is 6.42 Å². The Labute approximate surface area is 137 Å². The van der Waals surface area contributed by atoms with Crippen LogP contribution in [0.25, 0.3) is 0 Å². The number of carboxylic acid groups (broad SMARTS) is 1. The molecule has 0 heterocycles. The van der Waals surface area contributed by atoms with E-state index in [1.54, 1.807) is 0 Å². The molecule has 0 amide bonds. The summed E-state index contributed by atoms with van der Waals surface area (Å²) < 4.78 is 0. The topological polar surface area (TPSA) is 37.3 Å². The number of rotatable bonds is 15. The Morgan fingerprint density at radius 3 is 1.55 bits per heavy atom. The molecule has 22 heavy (non-hydrogen) atoms. The highest BCUT2D eigenvalue weighted by atomic mass is 16.4. The molecule has 0 aliphatic carbocycles. The highest BCUT2D eigenvalue weighted by molar-refractivity contribution is 5.66. The molecule has 0 aromatic rings. The van der Waals surface area contributed by atoms with E-state index >= 15 is 0 Å². The van der Waals surface area contributed by atoms with E-state index in [4.69, 9.17) is 5.11 Å². The van der Waals surface area contributed by atoms with Crippen LogP contribution in [0.3, 0.4) is 0 Å². The highest BCUT2D eigenvalue weighted by Gasteiger charge is 1.91. The van der Waals surface area contributed by atoms with Crippen molar-refractivity contribution in [2.45, 2.75) is 84.0 Å². The lowest BCUT2D eigenvalue weighted by atomic mass is 10.1. The van der Waals surface area contributed by atoms with E-state index in [1.807, 2.05) is 6.08 Å². The molecule has 0 saturated carbocycles. The Hall–Kier alpha value is -1.31. The van der Waals surface area contributed by atoms with E-state index < -0.39 is 5.97 Å². The van der Waals surface area contributed by atoms with Crippen molar-refractivity contribution < 1.29 is 9.90 Å². The minimum Gasteiger partial charge on any atom is -0.481 e. The second-order valence-electron chi connectivity index (χ2n) is 5.70. The van der Waals surface area contributed by atoms with Crippen LogP contribution in [-0.4, -0.2) is 11.1 Å². The lowest BCUT2D eigenvalue weighted by molar-refractivity contribution is -0.136. The Balaban J connectivity index is 3.25. The summed E-state index contributed by atoms with van der Waals surface area (Å²) >= 11 is 0. The molecule has 0 radical (unpaired) electrons. The number of unbranched alkanes of at least 4 members (excludes halogenated alkanes) is 7. The zero-order valence-corrected chi connectivity index (χ0v) is 14.3. The zero-order valence-electron chi connectivity index (χ0n) is 14.3. The van der Waals surface area contributed by atoms with Crippen LogP contribution in [0.4, 0.5) is 0 Å². The van der Waals surface area contributed by atoms with E-state index in [2.05, 4.69) is 37.3 Å². The fourth-order valence-corrected chi connectivity index (χ4v) is 2.14. The van der Waals surface area contributed by atoms with Gasteiger partial charge in [-0.3, -0.25) is 4.79 Å². The third kappa shape index (κ3) is 18.7. The van der Waals surface area contributed by atoms with Crippen LogP contribution in [0.15, 0.2) is 36.5 Å². The molecular formula is C20H34O2. The summed E-state index contributed by atoms with van der Waals surface area (Å²) in [5.41, 5.74) is 0.